The van der Waals surface area contributed by atoms with E-state index in [-0.39, 0.29) is 40.6 Å². The van der Waals surface area contributed by atoms with Gasteiger partial charge in [-0.05, 0) is 13.0 Å². The van der Waals surface area contributed by atoms with Crippen LogP contribution in [0.4, 0.5) is 0 Å². The predicted molar refractivity (Wildman–Crippen MR) is 89.9 cm³/mol. The number of aromatic hydroxyl groups is 2. The molecule has 1 fully saturated rings. The van der Waals surface area contributed by atoms with Crippen molar-refractivity contribution in [2.24, 2.45) is 0 Å². The molecule has 6 nitrogen and oxygen atoms in total. The second-order valence-corrected chi connectivity index (χ2v) is 6.44. The molecular weight excluding hydrogens is 348 g/mol. The third-order valence-corrected chi connectivity index (χ3v) is 4.49. The number of phenolic OH excluding ortho intramolecular Hbond substituents is 2. The molecule has 1 aromatic rings. The molecule has 2 aliphatic rings. The molecule has 132 valence electrons. The van der Waals surface area contributed by atoms with Crippen molar-refractivity contribution in [1.82, 2.24) is 0 Å². The number of ether oxygens (including phenoxy) is 2. The number of fused-ring (bicyclic) bond motifs is 2. The van der Waals surface area contributed by atoms with E-state index in [0.717, 1.165) is 6.07 Å². The second kappa shape index (κ2) is 6.90. The molecule has 25 heavy (non-hydrogen) atoms. The minimum absolute atomic E-state index is 0.0348. The molecule has 0 radical (unpaired) electrons. The summed E-state index contributed by atoms with van der Waals surface area (Å²) in [4.78, 5) is 24.6. The number of hydrogen-bond donors (Lipinski definition) is 2. The van der Waals surface area contributed by atoms with E-state index in [4.69, 9.17) is 21.1 Å². The Labute approximate surface area is 149 Å². The van der Waals surface area contributed by atoms with Crippen molar-refractivity contribution >= 4 is 23.4 Å². The zero-order chi connectivity index (χ0) is 18.1. The van der Waals surface area contributed by atoms with Crippen LogP contribution in [0.1, 0.15) is 29.3 Å². The molecule has 0 amide bonds. The first-order valence-electron chi connectivity index (χ1n) is 7.84. The fourth-order valence-electron chi connectivity index (χ4n) is 2.78. The molecule has 0 aliphatic carbocycles. The van der Waals surface area contributed by atoms with Crippen LogP contribution in [-0.4, -0.2) is 40.3 Å². The Morgan fingerprint density at radius 2 is 1.96 bits per heavy atom. The number of epoxide rings is 1. The summed E-state index contributed by atoms with van der Waals surface area (Å²) < 4.78 is 10.8. The summed E-state index contributed by atoms with van der Waals surface area (Å²) in [6.07, 6.45) is 6.13. The highest BCUT2D eigenvalue weighted by atomic mass is 35.5. The zero-order valence-corrected chi connectivity index (χ0v) is 14.2. The lowest BCUT2D eigenvalue weighted by Gasteiger charge is -2.16. The molecular formula is C18H17ClO6. The number of halogens is 1. The molecule has 3 atom stereocenters. The van der Waals surface area contributed by atoms with Crippen LogP contribution in [0.2, 0.25) is 5.02 Å². The number of esters is 1. The average Bonchev–Trinajstić information content (AvgIpc) is 3.25. The maximum absolute atomic E-state index is 12.5. The summed E-state index contributed by atoms with van der Waals surface area (Å²) in [5.41, 5.74) is -0.176. The van der Waals surface area contributed by atoms with Gasteiger partial charge >= 0.3 is 5.97 Å². The molecule has 0 bridgehead atoms. The Bertz CT molecular complexity index is 782. The highest BCUT2D eigenvalue weighted by Crippen LogP contribution is 2.37. The smallest absolute Gasteiger partial charge is 0.342 e. The van der Waals surface area contributed by atoms with Gasteiger partial charge in [0.2, 0.25) is 0 Å². The van der Waals surface area contributed by atoms with Gasteiger partial charge in [-0.2, -0.15) is 0 Å². The molecule has 2 aliphatic heterocycles. The Kier molecular flexibility index (Phi) is 4.83. The van der Waals surface area contributed by atoms with Crippen LogP contribution in [0.15, 0.2) is 30.4 Å². The number of ketones is 1. The van der Waals surface area contributed by atoms with Crippen LogP contribution in [-0.2, 0) is 20.7 Å². The number of rotatable bonds is 0. The first-order valence-corrected chi connectivity index (χ1v) is 8.22. The number of benzene rings is 1. The molecule has 2 N–H and O–H groups in total. The van der Waals surface area contributed by atoms with E-state index in [1.165, 1.54) is 6.08 Å². The van der Waals surface area contributed by atoms with Gasteiger partial charge in [-0.3, -0.25) is 4.79 Å². The Morgan fingerprint density at radius 1 is 1.20 bits per heavy atom. The maximum Gasteiger partial charge on any atom is 0.342 e. The third-order valence-electron chi connectivity index (χ3n) is 4.06. The molecule has 3 rings (SSSR count). The standard InChI is InChI=1S/C18H17ClO6/c1-9-6-15-14(25-15)5-3-2-4-10(20)7-11-16(18(23)24-9)12(21)8-13(22)17(11)19/h2-5,8-9,14-15,21-22H,6-7H2,1H3/t9-,14+,15-/m0/s1. The van der Waals surface area contributed by atoms with Crippen molar-refractivity contribution in [1.29, 1.82) is 0 Å². The van der Waals surface area contributed by atoms with Gasteiger partial charge in [0, 0.05) is 24.5 Å². The highest BCUT2D eigenvalue weighted by molar-refractivity contribution is 6.33. The monoisotopic (exact) mass is 364 g/mol. The normalized spacial score (nSPS) is 26.4. The van der Waals surface area contributed by atoms with Crippen molar-refractivity contribution < 1.29 is 29.3 Å². The Hall–Kier alpha value is -2.31. The average molecular weight is 365 g/mol. The molecule has 0 saturated carbocycles. The lowest BCUT2D eigenvalue weighted by molar-refractivity contribution is -0.114. The maximum atomic E-state index is 12.5. The second-order valence-electron chi connectivity index (χ2n) is 6.06. The molecule has 0 spiro atoms. The van der Waals surface area contributed by atoms with Gasteiger partial charge < -0.3 is 19.7 Å². The van der Waals surface area contributed by atoms with Gasteiger partial charge in [0.25, 0.3) is 0 Å². The predicted octanol–water partition coefficient (Wildman–Crippen LogP) is 2.69. The number of carbonyl (C=O) groups is 2. The summed E-state index contributed by atoms with van der Waals surface area (Å²) in [5, 5.41) is 19.7. The summed E-state index contributed by atoms with van der Waals surface area (Å²) in [6.45, 7) is 1.72. The van der Waals surface area contributed by atoms with E-state index in [0.29, 0.717) is 6.42 Å². The van der Waals surface area contributed by atoms with Gasteiger partial charge in [0.15, 0.2) is 5.78 Å². The largest absolute Gasteiger partial charge is 0.507 e. The molecule has 1 aromatic carbocycles. The van der Waals surface area contributed by atoms with Crippen molar-refractivity contribution in [2.45, 2.75) is 38.1 Å². The molecule has 0 aromatic heterocycles. The van der Waals surface area contributed by atoms with Crippen molar-refractivity contribution in [3.63, 3.8) is 0 Å². The molecule has 7 heteroatoms. The fraction of sp³-hybridized carbons (Fsp3) is 0.333. The molecule has 2 heterocycles. The SMILES string of the molecule is C[C@H]1C[C@@H]2O[C@@H]2C=CC=CC(=O)Cc2c(Cl)c(O)cc(O)c2C(=O)O1. The van der Waals surface area contributed by atoms with Gasteiger partial charge in [0.1, 0.15) is 29.3 Å². The first-order chi connectivity index (χ1) is 11.9. The number of carbonyl (C=O) groups excluding carboxylic acids is 2. The van der Waals surface area contributed by atoms with Crippen molar-refractivity contribution in [3.05, 3.63) is 46.5 Å². The Balaban J connectivity index is 2.01. The van der Waals surface area contributed by atoms with Crippen LogP contribution in [0.25, 0.3) is 0 Å². The van der Waals surface area contributed by atoms with Crippen molar-refractivity contribution in [2.75, 3.05) is 0 Å². The minimum Gasteiger partial charge on any atom is -0.507 e. The van der Waals surface area contributed by atoms with Gasteiger partial charge in [-0.15, -0.1) is 0 Å². The summed E-state index contributed by atoms with van der Waals surface area (Å²) in [7, 11) is 0. The molecule has 1 saturated heterocycles. The van der Waals surface area contributed by atoms with Gasteiger partial charge in [-0.1, -0.05) is 29.8 Å². The highest BCUT2D eigenvalue weighted by Gasteiger charge is 2.38. The van der Waals surface area contributed by atoms with Crippen LogP contribution >= 0.6 is 11.6 Å². The topological polar surface area (TPSA) is 96.4 Å². The van der Waals surface area contributed by atoms with E-state index in [2.05, 4.69) is 0 Å². The zero-order valence-electron chi connectivity index (χ0n) is 13.4. The first kappa shape index (κ1) is 17.5. The summed E-state index contributed by atoms with van der Waals surface area (Å²) >= 11 is 6.05. The molecule has 0 unspecified atom stereocenters. The quantitative estimate of drug-likeness (QED) is 0.542. The number of allylic oxidation sites excluding steroid dienone is 3. The number of hydrogen-bond acceptors (Lipinski definition) is 6. The van der Waals surface area contributed by atoms with E-state index in [1.54, 1.807) is 19.1 Å². The van der Waals surface area contributed by atoms with Gasteiger partial charge in [-0.25, -0.2) is 4.79 Å². The Morgan fingerprint density at radius 3 is 2.72 bits per heavy atom. The van der Waals surface area contributed by atoms with E-state index in [9.17, 15) is 19.8 Å². The van der Waals surface area contributed by atoms with E-state index >= 15 is 0 Å². The van der Waals surface area contributed by atoms with Crippen LogP contribution < -0.4 is 0 Å². The summed E-state index contributed by atoms with van der Waals surface area (Å²) in [6, 6.07) is 0.958. The summed E-state index contributed by atoms with van der Waals surface area (Å²) in [5.74, 6) is -2.04. The van der Waals surface area contributed by atoms with Crippen LogP contribution in [0.5, 0.6) is 11.5 Å². The van der Waals surface area contributed by atoms with E-state index in [1.807, 2.05) is 6.08 Å². The third kappa shape index (κ3) is 3.86. The van der Waals surface area contributed by atoms with Crippen LogP contribution in [0.3, 0.4) is 0 Å². The number of phenols is 2. The minimum atomic E-state index is -0.802. The van der Waals surface area contributed by atoms with Gasteiger partial charge in [0.05, 0.1) is 11.1 Å². The lowest BCUT2D eigenvalue weighted by Crippen LogP contribution is -2.19. The number of cyclic esters (lactones) is 1. The van der Waals surface area contributed by atoms with Crippen LogP contribution in [0, 0.1) is 0 Å². The fourth-order valence-corrected chi connectivity index (χ4v) is 3.00. The lowest BCUT2D eigenvalue weighted by atomic mass is 10.00. The van der Waals surface area contributed by atoms with E-state index < -0.39 is 23.6 Å². The van der Waals surface area contributed by atoms with Crippen molar-refractivity contribution in [3.8, 4) is 11.5 Å².